The summed E-state index contributed by atoms with van der Waals surface area (Å²) in [7, 11) is -5.25. The summed E-state index contributed by atoms with van der Waals surface area (Å²) in [5.41, 5.74) is -5.24. The van der Waals surface area contributed by atoms with E-state index in [1.807, 2.05) is 13.0 Å². The molecule has 0 aliphatic rings. The Bertz CT molecular complexity index is 512. The first-order valence-corrected chi connectivity index (χ1v) is 14.4. The molecule has 0 bridgehead atoms. The van der Waals surface area contributed by atoms with Crippen LogP contribution in [0.3, 0.4) is 0 Å². The predicted octanol–water partition coefficient (Wildman–Crippen LogP) is 6.15. The van der Waals surface area contributed by atoms with Crippen molar-refractivity contribution in [3.8, 4) is 0 Å². The Morgan fingerprint density at radius 3 is 1.74 bits per heavy atom. The van der Waals surface area contributed by atoms with Crippen LogP contribution in [0.4, 0.5) is 13.2 Å². The molecule has 1 N–H and O–H groups in total. The second-order valence-corrected chi connectivity index (χ2v) is 14.5. The van der Waals surface area contributed by atoms with Crippen LogP contribution in [0, 0.1) is 0 Å². The zero-order valence-electron chi connectivity index (χ0n) is 17.2. The SMILES string of the molecule is C/C=[C](/CCNS(=O)(=O)C(F)(F)F)[Sn][C](CCCC)(CCCC)CCCC. The van der Waals surface area contributed by atoms with Gasteiger partial charge in [-0.25, -0.2) is 0 Å². The fourth-order valence-electron chi connectivity index (χ4n) is 3.13. The molecule has 8 heteroatoms. The summed E-state index contributed by atoms with van der Waals surface area (Å²) in [4.78, 5) is 0. The molecule has 0 spiro atoms. The van der Waals surface area contributed by atoms with Gasteiger partial charge in [0.1, 0.15) is 0 Å². The van der Waals surface area contributed by atoms with Gasteiger partial charge in [0.2, 0.25) is 0 Å². The summed E-state index contributed by atoms with van der Waals surface area (Å²) in [6, 6.07) is 0. The quantitative estimate of drug-likeness (QED) is 0.265. The second-order valence-electron chi connectivity index (χ2n) is 7.12. The van der Waals surface area contributed by atoms with E-state index in [1.165, 1.54) is 42.1 Å². The number of hydrogen-bond donors (Lipinski definition) is 1. The maximum absolute atomic E-state index is 12.5. The first kappa shape index (κ1) is 27.2. The predicted molar refractivity (Wildman–Crippen MR) is 108 cm³/mol. The van der Waals surface area contributed by atoms with Crippen LogP contribution < -0.4 is 4.72 Å². The van der Waals surface area contributed by atoms with Crippen molar-refractivity contribution in [2.45, 2.75) is 101 Å². The van der Waals surface area contributed by atoms with E-state index in [0.29, 0.717) is 9.85 Å². The summed E-state index contributed by atoms with van der Waals surface area (Å²) >= 11 is -1.02. The zero-order valence-corrected chi connectivity index (χ0v) is 20.9. The molecule has 0 aliphatic heterocycles. The third-order valence-corrected chi connectivity index (χ3v) is 12.1. The molecule has 0 aromatic rings. The molecular weight excluding hydrogens is 482 g/mol. The van der Waals surface area contributed by atoms with Crippen molar-refractivity contribution in [2.24, 2.45) is 0 Å². The van der Waals surface area contributed by atoms with E-state index in [4.69, 9.17) is 0 Å². The molecule has 0 aliphatic carbocycles. The molecule has 0 aromatic carbocycles. The number of allylic oxidation sites excluding steroid dienone is 1. The van der Waals surface area contributed by atoms with Crippen LogP contribution in [0.1, 0.15) is 91.9 Å². The molecule has 0 saturated carbocycles. The van der Waals surface area contributed by atoms with Crippen molar-refractivity contribution < 1.29 is 21.6 Å². The van der Waals surface area contributed by atoms with Crippen molar-refractivity contribution in [1.29, 1.82) is 0 Å². The Hall–Kier alpha value is 0.239. The van der Waals surface area contributed by atoms with Crippen molar-refractivity contribution >= 4 is 31.2 Å². The number of nitrogens with one attached hydrogen (secondary N) is 1. The van der Waals surface area contributed by atoms with E-state index < -0.39 is 36.7 Å². The topological polar surface area (TPSA) is 46.2 Å². The summed E-state index contributed by atoms with van der Waals surface area (Å²) in [5.74, 6) is 0. The second kappa shape index (κ2) is 13.5. The number of unbranched alkanes of at least 4 members (excludes halogenated alkanes) is 3. The third-order valence-electron chi connectivity index (χ3n) is 4.79. The van der Waals surface area contributed by atoms with Crippen molar-refractivity contribution in [3.05, 3.63) is 9.67 Å². The van der Waals surface area contributed by atoms with Gasteiger partial charge >= 0.3 is 175 Å². The summed E-state index contributed by atoms with van der Waals surface area (Å²) in [5, 5.41) is 0. The Kier molecular flexibility index (Phi) is 13.6. The Labute approximate surface area is 174 Å². The minimum absolute atomic E-state index is 0.173. The minimum atomic E-state index is -5.25. The number of hydrogen-bond acceptors (Lipinski definition) is 2. The van der Waals surface area contributed by atoms with Gasteiger partial charge in [0.15, 0.2) is 0 Å². The summed E-state index contributed by atoms with van der Waals surface area (Å²) in [6.45, 7) is 8.33. The Balaban J connectivity index is 5.10. The van der Waals surface area contributed by atoms with E-state index in [0.717, 1.165) is 19.3 Å². The summed E-state index contributed by atoms with van der Waals surface area (Å²) in [6.07, 6.45) is 13.0. The average Bonchev–Trinajstić information content (AvgIpc) is 2.60. The molecule has 0 atom stereocenters. The van der Waals surface area contributed by atoms with Gasteiger partial charge < -0.3 is 0 Å². The molecule has 160 valence electrons. The van der Waals surface area contributed by atoms with Gasteiger partial charge in [0.05, 0.1) is 0 Å². The monoisotopic (exact) mass is 519 g/mol. The van der Waals surface area contributed by atoms with Gasteiger partial charge in [-0.15, -0.1) is 0 Å². The molecule has 0 amide bonds. The molecule has 3 nitrogen and oxygen atoms in total. The van der Waals surface area contributed by atoms with Gasteiger partial charge in [-0.3, -0.25) is 0 Å². The zero-order chi connectivity index (χ0) is 21.0. The van der Waals surface area contributed by atoms with Gasteiger partial charge in [-0.1, -0.05) is 0 Å². The maximum atomic E-state index is 12.5. The van der Waals surface area contributed by atoms with Crippen LogP contribution in [0.2, 0.25) is 3.43 Å². The van der Waals surface area contributed by atoms with Crippen molar-refractivity contribution in [3.63, 3.8) is 0 Å². The fraction of sp³-hybridized carbons (Fsp3) is 0.895. The molecule has 0 unspecified atom stereocenters. The Morgan fingerprint density at radius 1 is 0.963 bits per heavy atom. The third kappa shape index (κ3) is 10.5. The van der Waals surface area contributed by atoms with Gasteiger partial charge in [0, 0.05) is 0 Å². The van der Waals surface area contributed by atoms with E-state index in [1.54, 1.807) is 4.72 Å². The molecule has 0 fully saturated rings. The van der Waals surface area contributed by atoms with Crippen LogP contribution in [0.25, 0.3) is 0 Å². The van der Waals surface area contributed by atoms with E-state index in [2.05, 4.69) is 20.8 Å². The van der Waals surface area contributed by atoms with E-state index in [-0.39, 0.29) is 6.54 Å². The molecule has 27 heavy (non-hydrogen) atoms. The van der Waals surface area contributed by atoms with Gasteiger partial charge in [-0.2, -0.15) is 0 Å². The standard InChI is InChI=1S/C13H27.C6H9F3NO2S.Sn/c1-4-7-10-13(11-8-5-2)12-9-6-3;1-2-3-4-5-10-13(11,12)6(7,8)9;/h4-12H2,1-3H3;2,10H,4-5H2,1H3;. The molecule has 0 saturated heterocycles. The number of sulfonamides is 1. The first-order chi connectivity index (χ1) is 12.6. The van der Waals surface area contributed by atoms with Crippen molar-refractivity contribution in [2.75, 3.05) is 6.54 Å². The van der Waals surface area contributed by atoms with E-state index >= 15 is 0 Å². The molecule has 2 radical (unpaired) electrons. The van der Waals surface area contributed by atoms with Crippen LogP contribution in [0.5, 0.6) is 0 Å². The van der Waals surface area contributed by atoms with Crippen LogP contribution in [-0.4, -0.2) is 41.6 Å². The fourth-order valence-corrected chi connectivity index (χ4v) is 9.32. The van der Waals surface area contributed by atoms with Crippen LogP contribution >= 0.6 is 0 Å². The first-order valence-electron chi connectivity index (χ1n) is 10.1. The van der Waals surface area contributed by atoms with Crippen LogP contribution in [-0.2, 0) is 10.0 Å². The van der Waals surface area contributed by atoms with E-state index in [9.17, 15) is 21.6 Å². The molecule has 0 rings (SSSR count). The summed E-state index contributed by atoms with van der Waals surface area (Å²) < 4.78 is 63.1. The molecule has 0 heterocycles. The molecule has 0 aromatic heterocycles. The number of halogens is 3. The number of rotatable bonds is 15. The number of alkyl halides is 3. The average molecular weight is 518 g/mol. The van der Waals surface area contributed by atoms with Gasteiger partial charge in [-0.05, 0) is 0 Å². The Morgan fingerprint density at radius 2 is 1.41 bits per heavy atom. The van der Waals surface area contributed by atoms with Crippen LogP contribution in [0.15, 0.2) is 9.67 Å². The molecular formula is C19H36F3NO2SSn. The van der Waals surface area contributed by atoms with Crippen molar-refractivity contribution in [1.82, 2.24) is 4.72 Å². The normalized spacial score (nSPS) is 14.0. The van der Waals surface area contributed by atoms with Gasteiger partial charge in [0.25, 0.3) is 0 Å².